The van der Waals surface area contributed by atoms with E-state index in [-0.39, 0.29) is 36.4 Å². The Morgan fingerprint density at radius 2 is 2.15 bits per heavy atom. The maximum atomic E-state index is 12.0. The average molecular weight is 281 g/mol. The van der Waals surface area contributed by atoms with Crippen LogP contribution in [0.5, 0.6) is 0 Å². The Labute approximate surface area is 117 Å². The number of nitrogens with zero attached hydrogens (tertiary/aromatic N) is 1. The van der Waals surface area contributed by atoms with E-state index in [4.69, 9.17) is 18.9 Å². The molecule has 0 radical (unpaired) electrons. The Bertz CT molecular complexity index is 476. The molecule has 0 spiro atoms. The van der Waals surface area contributed by atoms with Crippen LogP contribution in [0.1, 0.15) is 13.8 Å². The molecule has 4 heterocycles. The van der Waals surface area contributed by atoms with Crippen molar-refractivity contribution in [3.63, 3.8) is 0 Å². The lowest BCUT2D eigenvalue weighted by Gasteiger charge is -2.48. The van der Waals surface area contributed by atoms with E-state index in [0.717, 1.165) is 0 Å². The minimum atomic E-state index is -0.615. The fourth-order valence-electron chi connectivity index (χ4n) is 3.75. The Hall–Kier alpha value is -0.950. The molecule has 0 aromatic carbocycles. The van der Waals surface area contributed by atoms with Gasteiger partial charge < -0.3 is 23.8 Å². The van der Waals surface area contributed by atoms with Crippen LogP contribution in [0.4, 0.5) is 0 Å². The average Bonchev–Trinajstić information content (AvgIpc) is 2.77. The van der Waals surface area contributed by atoms with E-state index in [1.165, 1.54) is 0 Å². The molecule has 0 saturated carbocycles. The van der Waals surface area contributed by atoms with E-state index >= 15 is 0 Å². The number of β-lactam (4-membered cyclic amide) rings is 1. The first-order chi connectivity index (χ1) is 9.52. The van der Waals surface area contributed by atoms with Crippen LogP contribution in [-0.4, -0.2) is 60.9 Å². The van der Waals surface area contributed by atoms with Crippen molar-refractivity contribution < 1.29 is 23.7 Å². The van der Waals surface area contributed by atoms with Gasteiger partial charge in [0.1, 0.15) is 6.10 Å². The van der Waals surface area contributed by atoms with Crippen molar-refractivity contribution >= 4 is 5.91 Å². The summed E-state index contributed by atoms with van der Waals surface area (Å²) in [7, 11) is 1.57. The van der Waals surface area contributed by atoms with Crippen molar-refractivity contribution in [3.05, 3.63) is 12.2 Å². The number of fused-ring (bicyclic) bond motifs is 5. The van der Waals surface area contributed by atoms with Gasteiger partial charge in [-0.25, -0.2) is 0 Å². The van der Waals surface area contributed by atoms with Crippen LogP contribution in [0.15, 0.2) is 12.2 Å². The predicted molar refractivity (Wildman–Crippen MR) is 67.6 cm³/mol. The van der Waals surface area contributed by atoms with Gasteiger partial charge in [-0.15, -0.1) is 0 Å². The SMILES string of the molecule is CO[C@@H]1C(=O)N2CC=C[C@@H]3[C@H]4OC(C)(C)O[C@H]4O[C@@H]3[C@H]12. The minimum Gasteiger partial charge on any atom is -0.369 e. The van der Waals surface area contributed by atoms with Crippen molar-refractivity contribution in [3.8, 4) is 0 Å². The highest BCUT2D eigenvalue weighted by Crippen LogP contribution is 2.46. The van der Waals surface area contributed by atoms with Gasteiger partial charge in [0.15, 0.2) is 18.2 Å². The molecule has 0 aromatic heterocycles. The van der Waals surface area contributed by atoms with Crippen LogP contribution in [0, 0.1) is 5.92 Å². The minimum absolute atomic E-state index is 0.0330. The summed E-state index contributed by atoms with van der Waals surface area (Å²) in [6.45, 7) is 4.39. The summed E-state index contributed by atoms with van der Waals surface area (Å²) in [5.41, 5.74) is 0. The van der Waals surface area contributed by atoms with Gasteiger partial charge in [0.2, 0.25) is 0 Å². The molecule has 110 valence electrons. The van der Waals surface area contributed by atoms with Crippen LogP contribution in [0.3, 0.4) is 0 Å². The maximum absolute atomic E-state index is 12.0. The Kier molecular flexibility index (Phi) is 2.58. The molecule has 4 aliphatic heterocycles. The third kappa shape index (κ3) is 1.56. The molecule has 1 amide bonds. The summed E-state index contributed by atoms with van der Waals surface area (Å²) in [6, 6.07) is -0.0478. The molecule has 4 aliphatic rings. The predicted octanol–water partition coefficient (Wildman–Crippen LogP) is 0.275. The second-order valence-corrected chi connectivity index (χ2v) is 6.21. The zero-order valence-corrected chi connectivity index (χ0v) is 11.8. The first-order valence-electron chi connectivity index (χ1n) is 7.03. The van der Waals surface area contributed by atoms with Crippen molar-refractivity contribution in [1.82, 2.24) is 4.90 Å². The highest BCUT2D eigenvalue weighted by Gasteiger charge is 2.62. The monoisotopic (exact) mass is 281 g/mol. The lowest BCUT2D eigenvalue weighted by atomic mass is 9.85. The number of hydrogen-bond acceptors (Lipinski definition) is 5. The van der Waals surface area contributed by atoms with Crippen molar-refractivity contribution in [2.24, 2.45) is 5.92 Å². The van der Waals surface area contributed by atoms with Crippen LogP contribution in [0.25, 0.3) is 0 Å². The molecular formula is C14H19NO5. The van der Waals surface area contributed by atoms with Crippen molar-refractivity contribution in [2.75, 3.05) is 13.7 Å². The van der Waals surface area contributed by atoms with Gasteiger partial charge in [-0.05, 0) is 13.8 Å². The summed E-state index contributed by atoms with van der Waals surface area (Å²) in [6.07, 6.45) is 3.11. The molecule has 3 saturated heterocycles. The van der Waals surface area contributed by atoms with Crippen molar-refractivity contribution in [2.45, 2.75) is 50.3 Å². The molecule has 0 aliphatic carbocycles. The van der Waals surface area contributed by atoms with Gasteiger partial charge in [-0.3, -0.25) is 4.79 Å². The quantitative estimate of drug-likeness (QED) is 0.510. The normalized spacial score (nSPS) is 48.4. The highest BCUT2D eigenvalue weighted by atomic mass is 16.8. The number of ether oxygens (including phenoxy) is 4. The van der Waals surface area contributed by atoms with Gasteiger partial charge in [-0.2, -0.15) is 0 Å². The maximum Gasteiger partial charge on any atom is 0.254 e. The first kappa shape index (κ1) is 12.8. The highest BCUT2D eigenvalue weighted by molar-refractivity contribution is 5.89. The number of hydrogen-bond donors (Lipinski definition) is 0. The van der Waals surface area contributed by atoms with Crippen molar-refractivity contribution in [1.29, 1.82) is 0 Å². The molecular weight excluding hydrogens is 262 g/mol. The molecule has 6 nitrogen and oxygen atoms in total. The zero-order chi connectivity index (χ0) is 14.1. The largest absolute Gasteiger partial charge is 0.369 e. The molecule has 0 bridgehead atoms. The van der Waals surface area contributed by atoms with Gasteiger partial charge in [0, 0.05) is 19.6 Å². The molecule has 3 fully saturated rings. The van der Waals surface area contributed by atoms with Crippen LogP contribution in [0.2, 0.25) is 0 Å². The first-order valence-corrected chi connectivity index (χ1v) is 7.03. The van der Waals surface area contributed by atoms with Gasteiger partial charge in [-0.1, -0.05) is 12.2 Å². The van der Waals surface area contributed by atoms with E-state index in [2.05, 4.69) is 6.08 Å². The van der Waals surface area contributed by atoms with E-state index in [1.807, 2.05) is 24.8 Å². The zero-order valence-electron chi connectivity index (χ0n) is 11.8. The number of amides is 1. The lowest BCUT2D eigenvalue weighted by Crippen LogP contribution is -2.69. The summed E-state index contributed by atoms with van der Waals surface area (Å²) < 4.78 is 23.1. The molecule has 6 atom stereocenters. The number of carbonyl (C=O) groups excluding carboxylic acids is 1. The smallest absolute Gasteiger partial charge is 0.254 e. The Morgan fingerprint density at radius 3 is 2.90 bits per heavy atom. The van der Waals surface area contributed by atoms with Gasteiger partial charge >= 0.3 is 0 Å². The van der Waals surface area contributed by atoms with E-state index in [0.29, 0.717) is 6.54 Å². The molecule has 0 unspecified atom stereocenters. The summed E-state index contributed by atoms with van der Waals surface area (Å²) in [5.74, 6) is -0.482. The summed E-state index contributed by atoms with van der Waals surface area (Å²) in [4.78, 5) is 13.8. The van der Waals surface area contributed by atoms with E-state index < -0.39 is 11.9 Å². The molecule has 0 N–H and O–H groups in total. The summed E-state index contributed by atoms with van der Waals surface area (Å²) >= 11 is 0. The van der Waals surface area contributed by atoms with E-state index in [1.54, 1.807) is 7.11 Å². The second-order valence-electron chi connectivity index (χ2n) is 6.21. The fraction of sp³-hybridized carbons (Fsp3) is 0.786. The second kappa shape index (κ2) is 4.04. The fourth-order valence-corrected chi connectivity index (χ4v) is 3.75. The standard InChI is InChI=1S/C14H19NO5/c1-14(2)19-10-7-5-4-6-15-8(11(17-3)12(15)16)9(7)18-13(10)20-14/h4-5,7-11,13H,6H2,1-3H3/t7-,8+,9-,10+,11-,13+/m0/s1. The van der Waals surface area contributed by atoms with Crippen LogP contribution >= 0.6 is 0 Å². The number of carbonyl (C=O) groups is 1. The number of rotatable bonds is 1. The summed E-state index contributed by atoms with van der Waals surface area (Å²) in [5, 5.41) is 0. The number of methoxy groups -OCH3 is 1. The molecule has 4 rings (SSSR count). The topological polar surface area (TPSA) is 57.2 Å². The Morgan fingerprint density at radius 1 is 1.35 bits per heavy atom. The van der Waals surface area contributed by atoms with Gasteiger partial charge in [0.05, 0.1) is 12.1 Å². The molecule has 20 heavy (non-hydrogen) atoms. The molecule has 0 aromatic rings. The van der Waals surface area contributed by atoms with Crippen LogP contribution in [-0.2, 0) is 23.7 Å². The third-order valence-electron chi connectivity index (χ3n) is 4.59. The third-order valence-corrected chi connectivity index (χ3v) is 4.59. The van der Waals surface area contributed by atoms with Crippen LogP contribution < -0.4 is 0 Å². The van der Waals surface area contributed by atoms with Gasteiger partial charge in [0.25, 0.3) is 5.91 Å². The molecule has 6 heteroatoms. The Balaban J connectivity index is 1.62. The van der Waals surface area contributed by atoms with E-state index in [9.17, 15) is 4.79 Å². The lowest BCUT2D eigenvalue weighted by molar-refractivity contribution is -0.228.